The largest absolute Gasteiger partial charge is 0.480 e. The fraction of sp³-hybridized carbons (Fsp3) is 0.714. The summed E-state index contributed by atoms with van der Waals surface area (Å²) >= 11 is 0. The summed E-state index contributed by atoms with van der Waals surface area (Å²) in [4.78, 5) is 46.8. The number of aliphatic hydroxyl groups excluding tert-OH is 3. The van der Waals surface area contributed by atoms with Crippen LogP contribution in [0.25, 0.3) is 0 Å². The van der Waals surface area contributed by atoms with Crippen molar-refractivity contribution in [2.24, 2.45) is 11.7 Å². The highest BCUT2D eigenvalue weighted by Gasteiger charge is 2.31. The van der Waals surface area contributed by atoms with Crippen LogP contribution in [0.15, 0.2) is 0 Å². The van der Waals surface area contributed by atoms with Gasteiger partial charge in [0, 0.05) is 0 Å². The van der Waals surface area contributed by atoms with Crippen molar-refractivity contribution in [3.8, 4) is 0 Å². The zero-order valence-electron chi connectivity index (χ0n) is 14.5. The van der Waals surface area contributed by atoms with Gasteiger partial charge in [0.2, 0.25) is 17.7 Å². The van der Waals surface area contributed by atoms with E-state index in [2.05, 4.69) is 16.0 Å². The van der Waals surface area contributed by atoms with Crippen LogP contribution in [-0.4, -0.2) is 88.1 Å². The van der Waals surface area contributed by atoms with Gasteiger partial charge in [-0.1, -0.05) is 13.8 Å². The van der Waals surface area contributed by atoms with E-state index >= 15 is 0 Å². The summed E-state index contributed by atoms with van der Waals surface area (Å²) in [5, 5.41) is 42.3. The van der Waals surface area contributed by atoms with Gasteiger partial charge in [0.1, 0.15) is 24.2 Å². The Morgan fingerprint density at radius 3 is 1.69 bits per heavy atom. The molecule has 0 aromatic carbocycles. The number of hydrogen-bond donors (Lipinski definition) is 8. The Kier molecular flexibility index (Phi) is 10.4. The van der Waals surface area contributed by atoms with Crippen LogP contribution in [0.3, 0.4) is 0 Å². The Bertz CT molecular complexity index is 513. The van der Waals surface area contributed by atoms with Gasteiger partial charge in [0.05, 0.1) is 19.8 Å². The van der Waals surface area contributed by atoms with Gasteiger partial charge in [-0.3, -0.25) is 14.4 Å². The number of carbonyl (C=O) groups is 4. The van der Waals surface area contributed by atoms with Gasteiger partial charge in [0.25, 0.3) is 0 Å². The van der Waals surface area contributed by atoms with E-state index in [1.165, 1.54) is 0 Å². The Morgan fingerprint density at radius 2 is 1.31 bits per heavy atom. The zero-order valence-corrected chi connectivity index (χ0v) is 14.5. The number of aliphatic carboxylic acids is 1. The third-order valence-corrected chi connectivity index (χ3v) is 3.39. The first-order valence-electron chi connectivity index (χ1n) is 7.81. The van der Waals surface area contributed by atoms with Crippen LogP contribution in [0.2, 0.25) is 0 Å². The predicted molar refractivity (Wildman–Crippen MR) is 87.5 cm³/mol. The molecule has 12 nitrogen and oxygen atoms in total. The van der Waals surface area contributed by atoms with Crippen LogP contribution in [0.1, 0.15) is 13.8 Å². The van der Waals surface area contributed by atoms with Gasteiger partial charge in [-0.05, 0) is 5.92 Å². The molecule has 3 amide bonds. The number of hydrogen-bond acceptors (Lipinski definition) is 8. The molecular formula is C14H26N4O8. The van der Waals surface area contributed by atoms with Gasteiger partial charge in [-0.15, -0.1) is 0 Å². The Morgan fingerprint density at radius 1 is 0.808 bits per heavy atom. The monoisotopic (exact) mass is 378 g/mol. The lowest BCUT2D eigenvalue weighted by Gasteiger charge is -2.26. The SMILES string of the molecule is CC(C)C(NC(=O)C(CO)NC(=O)C(N)CO)C(=O)NC(CO)C(=O)O. The minimum atomic E-state index is -1.54. The van der Waals surface area contributed by atoms with E-state index in [0.29, 0.717) is 0 Å². The maximum Gasteiger partial charge on any atom is 0.328 e. The molecule has 0 fully saturated rings. The molecular weight excluding hydrogens is 352 g/mol. The number of nitrogens with one attached hydrogen (secondary N) is 3. The van der Waals surface area contributed by atoms with Gasteiger partial charge in [-0.25, -0.2) is 4.79 Å². The molecule has 0 aliphatic heterocycles. The molecule has 0 aliphatic carbocycles. The van der Waals surface area contributed by atoms with Crippen molar-refractivity contribution in [2.45, 2.75) is 38.0 Å². The molecule has 0 aliphatic rings. The molecule has 26 heavy (non-hydrogen) atoms. The summed E-state index contributed by atoms with van der Waals surface area (Å²) in [5.74, 6) is -4.56. The lowest BCUT2D eigenvalue weighted by Crippen LogP contribution is -2.59. The van der Waals surface area contributed by atoms with Crippen LogP contribution < -0.4 is 21.7 Å². The summed E-state index contributed by atoms with van der Waals surface area (Å²) in [6.07, 6.45) is 0. The standard InChI is InChI=1S/C14H26N4O8/c1-6(2)10(13(24)17-9(5-21)14(25)26)18-12(23)8(4-20)16-11(22)7(15)3-19/h6-10,19-21H,3-5,15H2,1-2H3,(H,16,22)(H,17,24)(H,18,23)(H,25,26). The van der Waals surface area contributed by atoms with Crippen LogP contribution in [0, 0.1) is 5.92 Å². The van der Waals surface area contributed by atoms with Crippen LogP contribution in [0.5, 0.6) is 0 Å². The molecule has 0 saturated heterocycles. The molecule has 0 bridgehead atoms. The van der Waals surface area contributed by atoms with E-state index in [1.54, 1.807) is 13.8 Å². The average molecular weight is 378 g/mol. The Balaban J connectivity index is 5.06. The fourth-order valence-electron chi connectivity index (χ4n) is 1.79. The molecule has 0 rings (SSSR count). The first-order valence-corrected chi connectivity index (χ1v) is 7.81. The van der Waals surface area contributed by atoms with E-state index in [4.69, 9.17) is 21.1 Å². The van der Waals surface area contributed by atoms with E-state index in [9.17, 15) is 24.3 Å². The van der Waals surface area contributed by atoms with E-state index < -0.39 is 73.6 Å². The number of carboxylic acids is 1. The van der Waals surface area contributed by atoms with Crippen molar-refractivity contribution >= 4 is 23.7 Å². The highest BCUT2D eigenvalue weighted by atomic mass is 16.4. The lowest BCUT2D eigenvalue weighted by molar-refractivity contribution is -0.143. The quantitative estimate of drug-likeness (QED) is 0.174. The van der Waals surface area contributed by atoms with E-state index in [0.717, 1.165) is 0 Å². The van der Waals surface area contributed by atoms with E-state index in [-0.39, 0.29) is 0 Å². The molecule has 150 valence electrons. The number of nitrogens with two attached hydrogens (primary N) is 1. The average Bonchev–Trinajstić information content (AvgIpc) is 2.59. The Labute approximate surface area is 149 Å². The van der Waals surface area contributed by atoms with Crippen LogP contribution >= 0.6 is 0 Å². The van der Waals surface area contributed by atoms with Crippen LogP contribution in [0.4, 0.5) is 0 Å². The number of carboxylic acid groups (broad SMARTS) is 1. The normalized spacial score (nSPS) is 15.5. The molecule has 0 aromatic rings. The lowest BCUT2D eigenvalue weighted by atomic mass is 10.0. The van der Waals surface area contributed by atoms with Crippen molar-refractivity contribution in [1.82, 2.24) is 16.0 Å². The van der Waals surface area contributed by atoms with Crippen molar-refractivity contribution < 1.29 is 39.6 Å². The molecule has 12 heteroatoms. The van der Waals surface area contributed by atoms with Gasteiger partial charge >= 0.3 is 5.97 Å². The molecule has 0 radical (unpaired) electrons. The minimum Gasteiger partial charge on any atom is -0.480 e. The number of amides is 3. The highest BCUT2D eigenvalue weighted by Crippen LogP contribution is 2.03. The molecule has 0 saturated carbocycles. The second kappa shape index (κ2) is 11.4. The molecule has 0 spiro atoms. The third kappa shape index (κ3) is 7.31. The maximum absolute atomic E-state index is 12.2. The summed E-state index contributed by atoms with van der Waals surface area (Å²) in [7, 11) is 0. The number of aliphatic hydroxyl groups is 3. The van der Waals surface area contributed by atoms with Gasteiger partial charge in [0.15, 0.2) is 0 Å². The van der Waals surface area contributed by atoms with Crippen molar-refractivity contribution in [2.75, 3.05) is 19.8 Å². The summed E-state index contributed by atoms with van der Waals surface area (Å²) in [6.45, 7) is 0.853. The predicted octanol–water partition coefficient (Wildman–Crippen LogP) is -4.51. The van der Waals surface area contributed by atoms with Crippen molar-refractivity contribution in [3.05, 3.63) is 0 Å². The first kappa shape index (κ1) is 23.7. The second-order valence-electron chi connectivity index (χ2n) is 5.85. The smallest absolute Gasteiger partial charge is 0.328 e. The summed E-state index contributed by atoms with van der Waals surface area (Å²) in [5.41, 5.74) is 5.30. The molecule has 0 heterocycles. The molecule has 9 N–H and O–H groups in total. The van der Waals surface area contributed by atoms with Gasteiger partial charge in [-0.2, -0.15) is 0 Å². The fourth-order valence-corrected chi connectivity index (χ4v) is 1.79. The second-order valence-corrected chi connectivity index (χ2v) is 5.85. The molecule has 4 unspecified atom stereocenters. The van der Waals surface area contributed by atoms with E-state index in [1.807, 2.05) is 0 Å². The van der Waals surface area contributed by atoms with Crippen molar-refractivity contribution in [3.63, 3.8) is 0 Å². The van der Waals surface area contributed by atoms with Crippen LogP contribution in [-0.2, 0) is 19.2 Å². The number of carbonyl (C=O) groups excluding carboxylic acids is 3. The molecule has 4 atom stereocenters. The topological polar surface area (TPSA) is 211 Å². The summed E-state index contributed by atoms with van der Waals surface area (Å²) < 4.78 is 0. The summed E-state index contributed by atoms with van der Waals surface area (Å²) in [6, 6.07) is -5.45. The first-order chi connectivity index (χ1) is 12.1. The van der Waals surface area contributed by atoms with Crippen molar-refractivity contribution in [1.29, 1.82) is 0 Å². The minimum absolute atomic E-state index is 0.471. The third-order valence-electron chi connectivity index (χ3n) is 3.39. The Hall–Kier alpha value is -2.28. The maximum atomic E-state index is 12.2. The molecule has 0 aromatic heterocycles. The highest BCUT2D eigenvalue weighted by molar-refractivity contribution is 5.94. The number of rotatable bonds is 11. The van der Waals surface area contributed by atoms with Gasteiger partial charge < -0.3 is 42.1 Å². The zero-order chi connectivity index (χ0) is 20.4.